The largest absolute Gasteiger partial charge is 0.394 e. The van der Waals surface area contributed by atoms with E-state index in [-0.39, 0.29) is 56.5 Å². The van der Waals surface area contributed by atoms with Gasteiger partial charge in [0.15, 0.2) is 16.3 Å². The molecule has 9 nitrogen and oxygen atoms in total. The van der Waals surface area contributed by atoms with Gasteiger partial charge in [-0.15, -0.1) is 0 Å². The van der Waals surface area contributed by atoms with Crippen LogP contribution in [0.25, 0.3) is 0 Å². The van der Waals surface area contributed by atoms with E-state index in [2.05, 4.69) is 32.3 Å². The number of alkyl halides is 2. The van der Waals surface area contributed by atoms with Crippen molar-refractivity contribution in [3.05, 3.63) is 105 Å². The molecule has 2 aromatic carbocycles. The van der Waals surface area contributed by atoms with Crippen LogP contribution in [-0.2, 0) is 51.0 Å². The second kappa shape index (κ2) is 15.9. The molecule has 15 heteroatoms. The molecule has 0 amide bonds. The number of aromatic nitrogens is 1. The fraction of sp³-hybridized carbons (Fsp3) is 0.296. The summed E-state index contributed by atoms with van der Waals surface area (Å²) in [5.41, 5.74) is -4.74. The number of nitro benzene ring substituents is 1. The maximum atomic E-state index is 16.4. The van der Waals surface area contributed by atoms with Gasteiger partial charge in [0, 0.05) is 52.8 Å². The van der Waals surface area contributed by atoms with Crippen molar-refractivity contribution in [3.8, 4) is 0 Å². The van der Waals surface area contributed by atoms with Gasteiger partial charge in [-0.2, -0.15) is 4.72 Å². The molecule has 2 atom stereocenters. The molecule has 227 valence electrons. The van der Waals surface area contributed by atoms with Gasteiger partial charge in [-0.05, 0) is 54.0 Å². The minimum Gasteiger partial charge on any atom is -0.394 e. The number of Topliss-reactive ketones (excluding diaryl/α,β-unsaturated/α-hetero) is 1. The van der Waals surface area contributed by atoms with Crippen LogP contribution >= 0.6 is 45.8 Å². The van der Waals surface area contributed by atoms with E-state index in [0.29, 0.717) is 15.6 Å². The van der Waals surface area contributed by atoms with Crippen molar-refractivity contribution in [1.82, 2.24) is 9.71 Å². The molecule has 4 rings (SSSR count). The standard InChI is InChI=1S/C25H22Cl2FN3O6S.CH3I.CH3.V/c26-17-9-7-16(19(27)14-17)8-10-22(33)25(28)12-11-24(15-32,23-18(25)4-3-13-29-23)30-38(36,37)21-6-2-1-5-20(21)31(34)35;1-2;;/h1-7,9,13-14,30,32H,8,10-12,15H2;1H3;1H3;/q;;-1;/t24-,25-;;;/m0.../s1. The molecule has 1 aliphatic carbocycles. The van der Waals surface area contributed by atoms with Crippen molar-refractivity contribution < 1.29 is 46.2 Å². The number of hydrogen-bond acceptors (Lipinski definition) is 7. The minimum absolute atomic E-state index is 0. The Morgan fingerprint density at radius 1 is 1.17 bits per heavy atom. The summed E-state index contributed by atoms with van der Waals surface area (Å²) < 4.78 is 45.3. The second-order valence-corrected chi connectivity index (χ2v) is 11.4. The number of nitrogens with zero attached hydrogens (tertiary/aromatic N) is 2. The fourth-order valence-corrected chi connectivity index (χ4v) is 6.70. The molecule has 0 saturated heterocycles. The number of carbonyl (C=O) groups is 1. The van der Waals surface area contributed by atoms with Gasteiger partial charge in [0.1, 0.15) is 0 Å². The van der Waals surface area contributed by atoms with Crippen molar-refractivity contribution in [2.24, 2.45) is 0 Å². The molecular formula is C27H28Cl2FIN3O6SV-. The number of fused-ring (bicyclic) bond motifs is 1. The molecule has 1 heterocycles. The van der Waals surface area contributed by atoms with Crippen LogP contribution in [0.4, 0.5) is 10.1 Å². The van der Waals surface area contributed by atoms with Crippen molar-refractivity contribution in [2.45, 2.75) is 41.8 Å². The Kier molecular flexibility index (Phi) is 14.5. The second-order valence-electron chi connectivity index (χ2n) is 8.93. The van der Waals surface area contributed by atoms with Crippen LogP contribution in [0.2, 0.25) is 10.0 Å². The van der Waals surface area contributed by atoms with Gasteiger partial charge in [0.05, 0.1) is 22.8 Å². The Balaban J connectivity index is 0.00000216. The maximum absolute atomic E-state index is 16.4. The van der Waals surface area contributed by atoms with E-state index >= 15 is 4.39 Å². The van der Waals surface area contributed by atoms with Gasteiger partial charge < -0.3 is 12.5 Å². The number of nitro groups is 1. The molecule has 2 N–H and O–H groups in total. The fourth-order valence-electron chi connectivity index (χ4n) is 4.64. The molecule has 0 saturated carbocycles. The molecule has 1 radical (unpaired) electrons. The third-order valence-electron chi connectivity index (χ3n) is 6.61. The van der Waals surface area contributed by atoms with Crippen LogP contribution in [0.15, 0.2) is 65.7 Å². The predicted molar refractivity (Wildman–Crippen MR) is 165 cm³/mol. The number of carbonyl (C=O) groups excluding carboxylic acids is 1. The zero-order valence-electron chi connectivity index (χ0n) is 22.6. The number of sulfonamides is 1. The monoisotopic (exact) mass is 789 g/mol. The number of aliphatic hydroxyl groups is 1. The maximum Gasteiger partial charge on any atom is 0.289 e. The summed E-state index contributed by atoms with van der Waals surface area (Å²) in [5, 5.41) is 22.5. The molecular weight excluding hydrogens is 762 g/mol. The zero-order chi connectivity index (χ0) is 29.7. The Labute approximate surface area is 279 Å². The zero-order valence-corrected chi connectivity index (χ0v) is 28.4. The summed E-state index contributed by atoms with van der Waals surface area (Å²) in [6.07, 6.45) is 0.425. The van der Waals surface area contributed by atoms with E-state index in [4.69, 9.17) is 23.2 Å². The number of ketones is 1. The smallest absolute Gasteiger partial charge is 0.289 e. The normalized spacial score (nSPS) is 19.2. The number of rotatable bonds is 9. The minimum atomic E-state index is -4.59. The number of aryl methyl sites for hydroxylation is 1. The molecule has 1 aromatic heterocycles. The number of para-hydroxylation sites is 1. The third-order valence-corrected chi connectivity index (χ3v) is 8.78. The summed E-state index contributed by atoms with van der Waals surface area (Å²) in [5.74, 6) is -0.758. The molecule has 42 heavy (non-hydrogen) atoms. The molecule has 0 aliphatic heterocycles. The number of pyridine rings is 1. The van der Waals surface area contributed by atoms with Gasteiger partial charge in [0.2, 0.25) is 10.0 Å². The first-order chi connectivity index (χ1) is 18.9. The Hall–Kier alpha value is -1.65. The molecule has 0 spiro atoms. The summed E-state index contributed by atoms with van der Waals surface area (Å²) >= 11 is 14.2. The van der Waals surface area contributed by atoms with Crippen LogP contribution in [-0.4, -0.2) is 40.8 Å². The first-order valence-corrected chi connectivity index (χ1v) is 16.2. The van der Waals surface area contributed by atoms with Gasteiger partial charge in [-0.1, -0.05) is 70.1 Å². The van der Waals surface area contributed by atoms with Gasteiger partial charge >= 0.3 is 0 Å². The average Bonchev–Trinajstić information content (AvgIpc) is 2.95. The summed E-state index contributed by atoms with van der Waals surface area (Å²) in [6, 6.07) is 12.2. The molecule has 1 aliphatic rings. The van der Waals surface area contributed by atoms with Gasteiger partial charge in [0.25, 0.3) is 5.69 Å². The van der Waals surface area contributed by atoms with Crippen LogP contribution in [0.5, 0.6) is 0 Å². The van der Waals surface area contributed by atoms with E-state index in [1.807, 2.05) is 4.93 Å². The van der Waals surface area contributed by atoms with E-state index in [9.17, 15) is 28.4 Å². The topological polar surface area (TPSA) is 140 Å². The number of benzene rings is 2. The average molecular weight is 790 g/mol. The van der Waals surface area contributed by atoms with Crippen molar-refractivity contribution in [1.29, 1.82) is 0 Å². The van der Waals surface area contributed by atoms with Crippen molar-refractivity contribution in [2.75, 3.05) is 11.5 Å². The van der Waals surface area contributed by atoms with E-state index in [1.165, 1.54) is 36.5 Å². The van der Waals surface area contributed by atoms with Crippen LogP contribution in [0.3, 0.4) is 0 Å². The van der Waals surface area contributed by atoms with E-state index in [0.717, 1.165) is 12.1 Å². The van der Waals surface area contributed by atoms with Crippen LogP contribution in [0.1, 0.15) is 36.1 Å². The summed E-state index contributed by atoms with van der Waals surface area (Å²) in [6.45, 7) is -0.832. The van der Waals surface area contributed by atoms with Crippen LogP contribution < -0.4 is 4.72 Å². The quantitative estimate of drug-likeness (QED) is 0.0876. The number of halogens is 4. The van der Waals surface area contributed by atoms with E-state index in [1.54, 1.807) is 12.1 Å². The number of nitrogens with one attached hydrogen (secondary N) is 1. The van der Waals surface area contributed by atoms with Gasteiger partial charge in [-0.25, -0.2) is 12.8 Å². The first-order valence-electron chi connectivity index (χ1n) is 11.8. The first kappa shape index (κ1) is 38.4. The van der Waals surface area contributed by atoms with Crippen molar-refractivity contribution in [3.63, 3.8) is 0 Å². The molecule has 0 unspecified atom stereocenters. The summed E-state index contributed by atoms with van der Waals surface area (Å²) in [4.78, 5) is 29.3. The van der Waals surface area contributed by atoms with Gasteiger partial charge in [-0.3, -0.25) is 19.9 Å². The Morgan fingerprint density at radius 3 is 2.45 bits per heavy atom. The Morgan fingerprint density at radius 2 is 1.83 bits per heavy atom. The number of aliphatic hydroxyl groups excluding tert-OH is 1. The molecule has 0 fully saturated rings. The SMILES string of the molecule is CI.O=C(CCc1ccc(Cl)cc1Cl)[C@]1(F)CC[C@@](CO)(NS(=O)(=O)c2ccccc2[N+](=O)[O-])c2ncccc21.[CH3-].[V]. The summed E-state index contributed by atoms with van der Waals surface area (Å²) in [7, 11) is -4.59. The predicted octanol–water partition coefficient (Wildman–Crippen LogP) is 6.12. The molecule has 0 bridgehead atoms. The van der Waals surface area contributed by atoms with Crippen molar-refractivity contribution >= 4 is 67.3 Å². The Bertz CT molecular complexity index is 1540. The van der Waals surface area contributed by atoms with Crippen LogP contribution in [0, 0.1) is 17.5 Å². The number of hydrogen-bond donors (Lipinski definition) is 2. The van der Waals surface area contributed by atoms with E-state index < -0.39 is 55.5 Å². The third kappa shape index (κ3) is 7.89. The molecule has 3 aromatic rings.